The van der Waals surface area contributed by atoms with E-state index in [0.717, 1.165) is 25.6 Å². The van der Waals surface area contributed by atoms with Crippen LogP contribution in [0.5, 0.6) is 0 Å². The Labute approximate surface area is 121 Å². The molecular weight excluding hydrogens is 254 g/mol. The van der Waals surface area contributed by atoms with E-state index in [4.69, 9.17) is 5.73 Å². The van der Waals surface area contributed by atoms with Crippen molar-refractivity contribution in [2.75, 3.05) is 20.1 Å². The topological polar surface area (TPSA) is 42.2 Å². The maximum absolute atomic E-state index is 5.80. The molecule has 1 aliphatic rings. The summed E-state index contributed by atoms with van der Waals surface area (Å²) in [6.07, 6.45) is 7.50. The number of hydrogen-bond donors (Lipinski definition) is 1. The fourth-order valence-corrected chi connectivity index (χ4v) is 4.04. The minimum Gasteiger partial charge on any atom is -0.330 e. The molecule has 1 aromatic rings. The van der Waals surface area contributed by atoms with Crippen LogP contribution in [0.3, 0.4) is 0 Å². The molecule has 0 spiro atoms. The average molecular weight is 281 g/mol. The van der Waals surface area contributed by atoms with Gasteiger partial charge in [0.1, 0.15) is 0 Å². The van der Waals surface area contributed by atoms with Crippen LogP contribution in [0.15, 0.2) is 6.20 Å². The highest BCUT2D eigenvalue weighted by molar-refractivity contribution is 7.11. The Morgan fingerprint density at radius 1 is 1.42 bits per heavy atom. The summed E-state index contributed by atoms with van der Waals surface area (Å²) in [6, 6.07) is 0. The van der Waals surface area contributed by atoms with Gasteiger partial charge in [0, 0.05) is 30.1 Å². The van der Waals surface area contributed by atoms with Crippen molar-refractivity contribution in [3.05, 3.63) is 16.1 Å². The van der Waals surface area contributed by atoms with Gasteiger partial charge in [-0.1, -0.05) is 26.7 Å². The van der Waals surface area contributed by atoms with Crippen LogP contribution in [0.4, 0.5) is 0 Å². The summed E-state index contributed by atoms with van der Waals surface area (Å²) in [6.45, 7) is 7.20. The van der Waals surface area contributed by atoms with Crippen molar-refractivity contribution in [2.45, 2.75) is 52.0 Å². The van der Waals surface area contributed by atoms with E-state index in [2.05, 4.69) is 37.0 Å². The van der Waals surface area contributed by atoms with Gasteiger partial charge in [0.2, 0.25) is 0 Å². The Morgan fingerprint density at radius 3 is 2.74 bits per heavy atom. The number of aromatic nitrogens is 1. The largest absolute Gasteiger partial charge is 0.330 e. The van der Waals surface area contributed by atoms with Gasteiger partial charge in [0.25, 0.3) is 0 Å². The zero-order valence-corrected chi connectivity index (χ0v) is 13.3. The summed E-state index contributed by atoms with van der Waals surface area (Å²) in [4.78, 5) is 8.38. The predicted molar refractivity (Wildman–Crippen MR) is 82.5 cm³/mol. The van der Waals surface area contributed by atoms with Crippen LogP contribution in [-0.4, -0.2) is 30.0 Å². The second-order valence-corrected chi connectivity index (χ2v) is 7.83. The normalized spacial score (nSPS) is 17.5. The van der Waals surface area contributed by atoms with Crippen molar-refractivity contribution in [2.24, 2.45) is 11.1 Å². The van der Waals surface area contributed by atoms with Crippen LogP contribution in [-0.2, 0) is 6.54 Å². The summed E-state index contributed by atoms with van der Waals surface area (Å²) in [5.41, 5.74) is 5.99. The Morgan fingerprint density at radius 2 is 2.11 bits per heavy atom. The van der Waals surface area contributed by atoms with E-state index in [0.29, 0.717) is 0 Å². The molecular formula is C15H27N3S. The lowest BCUT2D eigenvalue weighted by Gasteiger charge is -2.28. The van der Waals surface area contributed by atoms with Crippen molar-refractivity contribution < 1.29 is 0 Å². The standard InChI is InChI=1S/C15H27N3S/c1-15(2,10-16)11-18(3)9-13-8-17-14(19-13)12-6-4-5-7-12/h8,12H,4-7,9-11,16H2,1-3H3. The highest BCUT2D eigenvalue weighted by Crippen LogP contribution is 2.36. The van der Waals surface area contributed by atoms with Gasteiger partial charge in [-0.3, -0.25) is 0 Å². The molecule has 0 radical (unpaired) electrons. The smallest absolute Gasteiger partial charge is 0.0959 e. The molecule has 0 aliphatic heterocycles. The number of thiazole rings is 1. The van der Waals surface area contributed by atoms with E-state index >= 15 is 0 Å². The van der Waals surface area contributed by atoms with E-state index in [9.17, 15) is 0 Å². The Bertz CT molecular complexity index is 394. The number of nitrogens with zero attached hydrogens (tertiary/aromatic N) is 2. The SMILES string of the molecule is CN(Cc1cnc(C2CCCC2)s1)CC(C)(C)CN. The van der Waals surface area contributed by atoms with Crippen LogP contribution in [0, 0.1) is 5.41 Å². The summed E-state index contributed by atoms with van der Waals surface area (Å²) in [5, 5.41) is 1.36. The summed E-state index contributed by atoms with van der Waals surface area (Å²) in [5.74, 6) is 0.740. The zero-order chi connectivity index (χ0) is 13.9. The first-order valence-corrected chi connectivity index (χ1v) is 8.15. The molecule has 0 unspecified atom stereocenters. The van der Waals surface area contributed by atoms with Crippen molar-refractivity contribution in [1.82, 2.24) is 9.88 Å². The lowest BCUT2D eigenvalue weighted by atomic mass is 9.93. The minimum absolute atomic E-state index is 0.188. The summed E-state index contributed by atoms with van der Waals surface area (Å²) < 4.78 is 0. The molecule has 1 aliphatic carbocycles. The number of hydrogen-bond acceptors (Lipinski definition) is 4. The molecule has 108 valence electrons. The molecule has 1 fully saturated rings. The van der Waals surface area contributed by atoms with Crippen molar-refractivity contribution in [1.29, 1.82) is 0 Å². The first-order chi connectivity index (χ1) is 9.00. The van der Waals surface area contributed by atoms with Crippen LogP contribution in [0.1, 0.15) is 55.3 Å². The molecule has 19 heavy (non-hydrogen) atoms. The number of nitrogens with two attached hydrogens (primary N) is 1. The number of rotatable bonds is 6. The highest BCUT2D eigenvalue weighted by Gasteiger charge is 2.21. The summed E-state index contributed by atoms with van der Waals surface area (Å²) >= 11 is 1.91. The third-order valence-electron chi connectivity index (χ3n) is 3.95. The van der Waals surface area contributed by atoms with Crippen LogP contribution in [0.2, 0.25) is 0 Å². The van der Waals surface area contributed by atoms with Crippen molar-refractivity contribution >= 4 is 11.3 Å². The van der Waals surface area contributed by atoms with Crippen LogP contribution >= 0.6 is 11.3 Å². The maximum Gasteiger partial charge on any atom is 0.0959 e. The first kappa shape index (κ1) is 14.9. The fraction of sp³-hybridized carbons (Fsp3) is 0.800. The van der Waals surface area contributed by atoms with Gasteiger partial charge in [-0.25, -0.2) is 4.98 Å². The van der Waals surface area contributed by atoms with Crippen molar-refractivity contribution in [3.63, 3.8) is 0 Å². The molecule has 4 heteroatoms. The highest BCUT2D eigenvalue weighted by atomic mass is 32.1. The van der Waals surface area contributed by atoms with Crippen molar-refractivity contribution in [3.8, 4) is 0 Å². The molecule has 3 nitrogen and oxygen atoms in total. The van der Waals surface area contributed by atoms with Gasteiger partial charge in [0.15, 0.2) is 0 Å². The Hall–Kier alpha value is -0.450. The Kier molecular flexibility index (Phi) is 4.98. The molecule has 0 aromatic carbocycles. The molecule has 2 rings (SSSR count). The second-order valence-electron chi connectivity index (χ2n) is 6.69. The summed E-state index contributed by atoms with van der Waals surface area (Å²) in [7, 11) is 2.17. The quantitative estimate of drug-likeness (QED) is 0.870. The third-order valence-corrected chi connectivity index (χ3v) is 5.10. The second kappa shape index (κ2) is 6.33. The molecule has 1 aromatic heterocycles. The predicted octanol–water partition coefficient (Wildman–Crippen LogP) is 3.22. The minimum atomic E-state index is 0.188. The molecule has 0 saturated heterocycles. The van der Waals surface area contributed by atoms with Gasteiger partial charge < -0.3 is 10.6 Å². The Balaban J connectivity index is 1.88. The van der Waals surface area contributed by atoms with E-state index in [1.54, 1.807) is 0 Å². The first-order valence-electron chi connectivity index (χ1n) is 7.33. The fourth-order valence-electron chi connectivity index (χ4n) is 2.87. The van der Waals surface area contributed by atoms with Gasteiger partial charge in [-0.2, -0.15) is 0 Å². The van der Waals surface area contributed by atoms with Gasteiger partial charge in [-0.05, 0) is 31.8 Å². The van der Waals surface area contributed by atoms with E-state index in [-0.39, 0.29) is 5.41 Å². The zero-order valence-electron chi connectivity index (χ0n) is 12.5. The molecule has 2 N–H and O–H groups in total. The lowest BCUT2D eigenvalue weighted by Crippen LogP contribution is -2.36. The molecule has 1 heterocycles. The molecule has 0 atom stereocenters. The van der Waals surface area contributed by atoms with E-state index < -0.39 is 0 Å². The van der Waals surface area contributed by atoms with E-state index in [1.165, 1.54) is 35.6 Å². The average Bonchev–Trinajstić information content (AvgIpc) is 2.97. The molecule has 0 amide bonds. The molecule has 0 bridgehead atoms. The van der Waals surface area contributed by atoms with Gasteiger partial charge in [-0.15, -0.1) is 11.3 Å². The maximum atomic E-state index is 5.80. The van der Waals surface area contributed by atoms with Crippen LogP contribution < -0.4 is 5.73 Å². The third kappa shape index (κ3) is 4.26. The van der Waals surface area contributed by atoms with Gasteiger partial charge in [0.05, 0.1) is 5.01 Å². The monoisotopic (exact) mass is 281 g/mol. The van der Waals surface area contributed by atoms with E-state index in [1.807, 2.05) is 11.3 Å². The lowest BCUT2D eigenvalue weighted by molar-refractivity contribution is 0.211. The molecule has 1 saturated carbocycles. The van der Waals surface area contributed by atoms with Crippen LogP contribution in [0.25, 0.3) is 0 Å². The van der Waals surface area contributed by atoms with Gasteiger partial charge >= 0.3 is 0 Å².